The van der Waals surface area contributed by atoms with Gasteiger partial charge < -0.3 is 4.74 Å². The first-order valence-corrected chi connectivity index (χ1v) is 11.2. The largest absolute Gasteiger partial charge is 0.497 e. The molecule has 0 saturated carbocycles. The van der Waals surface area contributed by atoms with Crippen LogP contribution in [-0.2, 0) is 0 Å². The van der Waals surface area contributed by atoms with E-state index >= 15 is 0 Å². The first kappa shape index (κ1) is 22.5. The molecule has 0 spiro atoms. The van der Waals surface area contributed by atoms with Crippen molar-refractivity contribution in [2.24, 2.45) is 0 Å². The number of carbonyl (C=O) groups is 1. The summed E-state index contributed by atoms with van der Waals surface area (Å²) in [6.07, 6.45) is 1.85. The van der Waals surface area contributed by atoms with Crippen molar-refractivity contribution in [1.29, 1.82) is 0 Å². The molecule has 2 atom stereocenters. The number of hydrogen-bond donors (Lipinski definition) is 0. The monoisotopic (exact) mass is 489 g/mol. The lowest BCUT2D eigenvalue weighted by molar-refractivity contribution is -0.385. The van der Waals surface area contributed by atoms with Gasteiger partial charge in [0.15, 0.2) is 0 Å². The number of rotatable bonds is 5. The van der Waals surface area contributed by atoms with Gasteiger partial charge in [-0.15, -0.1) is 0 Å². The fourth-order valence-corrected chi connectivity index (χ4v) is 4.57. The Labute approximate surface area is 205 Å². The van der Waals surface area contributed by atoms with Gasteiger partial charge in [0.2, 0.25) is 5.95 Å². The number of anilines is 1. The molecule has 9 nitrogen and oxygen atoms in total. The third kappa shape index (κ3) is 4.10. The van der Waals surface area contributed by atoms with Crippen LogP contribution in [0.25, 0.3) is 0 Å². The highest BCUT2D eigenvalue weighted by Crippen LogP contribution is 2.43. The number of halogens is 1. The van der Waals surface area contributed by atoms with Gasteiger partial charge in [-0.25, -0.2) is 4.68 Å². The molecular formula is C25H20ClN5O4. The lowest BCUT2D eigenvalue weighted by atomic mass is 9.91. The van der Waals surface area contributed by atoms with Crippen LogP contribution in [0.2, 0.25) is 5.02 Å². The molecule has 0 radical (unpaired) electrons. The Kier molecular flexibility index (Phi) is 5.92. The molecule has 4 aromatic rings. The summed E-state index contributed by atoms with van der Waals surface area (Å²) >= 11 is 6.10. The van der Waals surface area contributed by atoms with E-state index in [0.717, 1.165) is 11.1 Å². The number of benzene rings is 3. The second kappa shape index (κ2) is 9.19. The minimum Gasteiger partial charge on any atom is -0.497 e. The number of amides is 1. The Balaban J connectivity index is 1.66. The predicted octanol–water partition coefficient (Wildman–Crippen LogP) is 5.23. The lowest BCUT2D eigenvalue weighted by Gasteiger charge is -2.39. The fourth-order valence-electron chi connectivity index (χ4n) is 4.44. The first-order chi connectivity index (χ1) is 17.0. The molecule has 1 aliphatic heterocycles. The molecule has 176 valence electrons. The van der Waals surface area contributed by atoms with Crippen LogP contribution < -0.4 is 9.64 Å². The van der Waals surface area contributed by atoms with Crippen molar-refractivity contribution in [1.82, 2.24) is 14.8 Å². The van der Waals surface area contributed by atoms with Gasteiger partial charge in [0.05, 0.1) is 24.1 Å². The maximum atomic E-state index is 13.9. The van der Waals surface area contributed by atoms with Crippen molar-refractivity contribution in [2.45, 2.75) is 18.5 Å². The topological polar surface area (TPSA) is 103 Å². The number of hydrogen-bond acceptors (Lipinski definition) is 6. The van der Waals surface area contributed by atoms with E-state index in [1.807, 2.05) is 36.4 Å². The van der Waals surface area contributed by atoms with E-state index in [9.17, 15) is 14.9 Å². The zero-order valence-corrected chi connectivity index (χ0v) is 19.4. The molecule has 2 heterocycles. The summed E-state index contributed by atoms with van der Waals surface area (Å²) in [5.41, 5.74) is 1.51. The summed E-state index contributed by atoms with van der Waals surface area (Å²) in [4.78, 5) is 30.9. The van der Waals surface area contributed by atoms with E-state index in [1.54, 1.807) is 30.0 Å². The van der Waals surface area contributed by atoms with Gasteiger partial charge in [0, 0.05) is 11.1 Å². The number of methoxy groups -OCH3 is 1. The smallest absolute Gasteiger partial charge is 0.282 e. The van der Waals surface area contributed by atoms with Crippen LogP contribution in [0.3, 0.4) is 0 Å². The van der Waals surface area contributed by atoms with Gasteiger partial charge in [-0.2, -0.15) is 10.1 Å². The Morgan fingerprint density at radius 1 is 1.03 bits per heavy atom. The lowest BCUT2D eigenvalue weighted by Crippen LogP contribution is -2.42. The molecule has 1 aliphatic rings. The highest BCUT2D eigenvalue weighted by molar-refractivity contribution is 6.30. The highest BCUT2D eigenvalue weighted by Gasteiger charge is 2.41. The normalized spacial score (nSPS) is 17.0. The van der Waals surface area contributed by atoms with Crippen LogP contribution in [0.15, 0.2) is 79.1 Å². The molecular weight excluding hydrogens is 470 g/mol. The number of aromatic nitrogens is 3. The standard InChI is InChI=1S/C25H20ClN5O4/c1-35-19-12-8-16(9-13-19)22-14-23(17-6-10-18(26)11-7-17)30-25(27-15-28-30)29(22)24(32)20-4-2-3-5-21(20)31(33)34/h2-13,15,22-23H,14H2,1H3/t22-,23-/m0/s1. The second-order valence-electron chi connectivity index (χ2n) is 8.05. The van der Waals surface area contributed by atoms with E-state index in [0.29, 0.717) is 23.1 Å². The minimum absolute atomic E-state index is 0.0181. The Hall–Kier alpha value is -4.24. The number of carbonyl (C=O) groups excluding carboxylic acids is 1. The third-order valence-electron chi connectivity index (χ3n) is 6.13. The zero-order chi connectivity index (χ0) is 24.5. The van der Waals surface area contributed by atoms with Crippen molar-refractivity contribution in [3.8, 4) is 5.75 Å². The third-order valence-corrected chi connectivity index (χ3v) is 6.38. The second-order valence-corrected chi connectivity index (χ2v) is 8.48. The zero-order valence-electron chi connectivity index (χ0n) is 18.6. The van der Waals surface area contributed by atoms with Crippen LogP contribution in [0.4, 0.5) is 11.6 Å². The molecule has 5 rings (SSSR count). The molecule has 1 aromatic heterocycles. The average Bonchev–Trinajstić information content (AvgIpc) is 3.38. The molecule has 10 heteroatoms. The van der Waals surface area contributed by atoms with E-state index in [2.05, 4.69) is 10.1 Å². The van der Waals surface area contributed by atoms with Crippen LogP contribution in [0.5, 0.6) is 5.75 Å². The number of para-hydroxylation sites is 1. The molecule has 0 N–H and O–H groups in total. The van der Waals surface area contributed by atoms with Crippen molar-refractivity contribution >= 4 is 29.1 Å². The quantitative estimate of drug-likeness (QED) is 0.281. The minimum atomic E-state index is -0.555. The first-order valence-electron chi connectivity index (χ1n) is 10.8. The van der Waals surface area contributed by atoms with Crippen LogP contribution >= 0.6 is 11.6 Å². The Morgan fingerprint density at radius 2 is 1.69 bits per heavy atom. The molecule has 0 unspecified atom stereocenters. The van der Waals surface area contributed by atoms with Crippen LogP contribution in [0, 0.1) is 10.1 Å². The van der Waals surface area contributed by atoms with Gasteiger partial charge >= 0.3 is 0 Å². The summed E-state index contributed by atoms with van der Waals surface area (Å²) in [5, 5.41) is 16.7. The number of fused-ring (bicyclic) bond motifs is 1. The summed E-state index contributed by atoms with van der Waals surface area (Å²) in [5.74, 6) is 0.459. The summed E-state index contributed by atoms with van der Waals surface area (Å²) in [6, 6.07) is 20.1. The molecule has 35 heavy (non-hydrogen) atoms. The average molecular weight is 490 g/mol. The number of nitrogens with zero attached hydrogens (tertiary/aromatic N) is 5. The maximum Gasteiger partial charge on any atom is 0.282 e. The molecule has 0 fully saturated rings. The SMILES string of the molecule is COc1ccc([C@@H]2C[C@@H](c3ccc(Cl)cc3)n3ncnc3N2C(=O)c2ccccc2[N+](=O)[O-])cc1. The molecule has 3 aromatic carbocycles. The van der Waals surface area contributed by atoms with Gasteiger partial charge in [0.25, 0.3) is 11.6 Å². The predicted molar refractivity (Wildman–Crippen MR) is 130 cm³/mol. The van der Waals surface area contributed by atoms with Gasteiger partial charge in [-0.1, -0.05) is 48.0 Å². The fraction of sp³-hybridized carbons (Fsp3) is 0.160. The van der Waals surface area contributed by atoms with Gasteiger partial charge in [0.1, 0.15) is 17.6 Å². The van der Waals surface area contributed by atoms with E-state index in [1.165, 1.54) is 29.4 Å². The summed E-state index contributed by atoms with van der Waals surface area (Å²) < 4.78 is 6.97. The molecule has 0 bridgehead atoms. The maximum absolute atomic E-state index is 13.9. The van der Waals surface area contributed by atoms with Crippen molar-refractivity contribution in [3.63, 3.8) is 0 Å². The number of ether oxygens (including phenoxy) is 1. The van der Waals surface area contributed by atoms with Gasteiger partial charge in [-0.3, -0.25) is 19.8 Å². The molecule has 1 amide bonds. The van der Waals surface area contributed by atoms with Crippen molar-refractivity contribution in [2.75, 3.05) is 12.0 Å². The number of nitro benzene ring substituents is 1. The highest BCUT2D eigenvalue weighted by atomic mass is 35.5. The Morgan fingerprint density at radius 3 is 2.37 bits per heavy atom. The summed E-state index contributed by atoms with van der Waals surface area (Å²) in [7, 11) is 1.58. The van der Waals surface area contributed by atoms with Gasteiger partial charge in [-0.05, 0) is 47.9 Å². The van der Waals surface area contributed by atoms with Crippen LogP contribution in [0.1, 0.15) is 40.0 Å². The number of nitro groups is 1. The van der Waals surface area contributed by atoms with Crippen molar-refractivity contribution in [3.05, 3.63) is 111 Å². The summed E-state index contributed by atoms with van der Waals surface area (Å²) in [6.45, 7) is 0. The van der Waals surface area contributed by atoms with E-state index in [4.69, 9.17) is 16.3 Å². The molecule has 0 saturated heterocycles. The van der Waals surface area contributed by atoms with E-state index < -0.39 is 16.9 Å². The van der Waals surface area contributed by atoms with Crippen molar-refractivity contribution < 1.29 is 14.5 Å². The van der Waals surface area contributed by atoms with E-state index in [-0.39, 0.29) is 17.3 Å². The Bertz CT molecular complexity index is 1390. The molecule has 0 aliphatic carbocycles. The van der Waals surface area contributed by atoms with Crippen LogP contribution in [-0.4, -0.2) is 32.7 Å².